The molecule has 0 aliphatic heterocycles. The van der Waals surface area contributed by atoms with Crippen LogP contribution in [0.4, 0.5) is 5.69 Å². The molecule has 25 heavy (non-hydrogen) atoms. The fraction of sp³-hybridized carbons (Fsp3) is 0.421. The Bertz CT molecular complexity index is 760. The van der Waals surface area contributed by atoms with Gasteiger partial charge in [0, 0.05) is 24.5 Å². The molecule has 1 aliphatic carbocycles. The summed E-state index contributed by atoms with van der Waals surface area (Å²) in [6.45, 7) is 4.71. The highest BCUT2D eigenvalue weighted by Crippen LogP contribution is 2.19. The van der Waals surface area contributed by atoms with Crippen LogP contribution in [-0.4, -0.2) is 27.6 Å². The van der Waals surface area contributed by atoms with Gasteiger partial charge in [0.2, 0.25) is 5.91 Å². The van der Waals surface area contributed by atoms with E-state index >= 15 is 0 Å². The van der Waals surface area contributed by atoms with Crippen molar-refractivity contribution in [3.63, 3.8) is 0 Å². The Morgan fingerprint density at radius 3 is 2.60 bits per heavy atom. The summed E-state index contributed by atoms with van der Waals surface area (Å²) in [5.41, 5.74) is 2.95. The van der Waals surface area contributed by atoms with Crippen LogP contribution < -0.4 is 10.6 Å². The van der Waals surface area contributed by atoms with Crippen LogP contribution >= 0.6 is 0 Å². The van der Waals surface area contributed by atoms with Crippen molar-refractivity contribution in [2.75, 3.05) is 5.32 Å². The minimum Gasteiger partial charge on any atom is -0.353 e. The van der Waals surface area contributed by atoms with Gasteiger partial charge in [0.1, 0.15) is 0 Å². The highest BCUT2D eigenvalue weighted by atomic mass is 16.2. The second-order valence-corrected chi connectivity index (χ2v) is 6.56. The van der Waals surface area contributed by atoms with Crippen molar-refractivity contribution >= 4 is 17.5 Å². The van der Waals surface area contributed by atoms with Gasteiger partial charge in [-0.2, -0.15) is 5.10 Å². The average molecular weight is 340 g/mol. The van der Waals surface area contributed by atoms with Crippen LogP contribution in [0.5, 0.6) is 0 Å². The Morgan fingerprint density at radius 2 is 1.96 bits per heavy atom. The van der Waals surface area contributed by atoms with E-state index in [0.717, 1.165) is 37.1 Å². The van der Waals surface area contributed by atoms with Gasteiger partial charge in [-0.05, 0) is 43.9 Å². The van der Waals surface area contributed by atoms with Gasteiger partial charge in [-0.3, -0.25) is 14.3 Å². The van der Waals surface area contributed by atoms with Gasteiger partial charge in [0.15, 0.2) is 0 Å². The highest BCUT2D eigenvalue weighted by molar-refractivity contribution is 6.04. The molecule has 1 saturated carbocycles. The number of nitrogens with zero attached hydrogens (tertiary/aromatic N) is 2. The lowest BCUT2D eigenvalue weighted by Crippen LogP contribution is -2.26. The first-order valence-electron chi connectivity index (χ1n) is 8.79. The lowest BCUT2D eigenvalue weighted by atomic mass is 10.1. The third kappa shape index (κ3) is 4.68. The number of amides is 2. The van der Waals surface area contributed by atoms with Gasteiger partial charge in [-0.25, -0.2) is 0 Å². The Morgan fingerprint density at radius 1 is 1.24 bits per heavy atom. The number of carbonyl (C=O) groups excluding carboxylic acids is 2. The van der Waals surface area contributed by atoms with Crippen LogP contribution in [0.25, 0.3) is 0 Å². The Hall–Kier alpha value is -2.63. The highest BCUT2D eigenvalue weighted by Gasteiger charge is 2.23. The molecule has 1 aliphatic rings. The molecular weight excluding hydrogens is 316 g/mol. The van der Waals surface area contributed by atoms with Crippen molar-refractivity contribution in [3.8, 4) is 0 Å². The number of benzene rings is 1. The molecule has 3 rings (SSSR count). The Balaban J connectivity index is 1.58. The lowest BCUT2D eigenvalue weighted by Gasteiger charge is -2.07. The third-order valence-electron chi connectivity index (χ3n) is 4.16. The van der Waals surface area contributed by atoms with E-state index < -0.39 is 0 Å². The van der Waals surface area contributed by atoms with Crippen LogP contribution in [0.15, 0.2) is 30.5 Å². The minimum absolute atomic E-state index is 0.0539. The van der Waals surface area contributed by atoms with Crippen molar-refractivity contribution in [3.05, 3.63) is 47.3 Å². The van der Waals surface area contributed by atoms with Gasteiger partial charge < -0.3 is 10.6 Å². The molecular formula is C19H24N4O2. The second-order valence-electron chi connectivity index (χ2n) is 6.56. The molecule has 1 heterocycles. The van der Waals surface area contributed by atoms with Gasteiger partial charge in [-0.15, -0.1) is 0 Å². The van der Waals surface area contributed by atoms with Crippen LogP contribution in [0.1, 0.15) is 47.8 Å². The molecule has 1 fully saturated rings. The van der Waals surface area contributed by atoms with E-state index in [1.54, 1.807) is 10.9 Å². The smallest absolute Gasteiger partial charge is 0.259 e. The third-order valence-corrected chi connectivity index (χ3v) is 4.16. The van der Waals surface area contributed by atoms with Crippen LogP contribution in [0, 0.1) is 6.92 Å². The average Bonchev–Trinajstić information content (AvgIpc) is 3.30. The predicted molar refractivity (Wildman–Crippen MR) is 96.5 cm³/mol. The van der Waals surface area contributed by atoms with Crippen LogP contribution in [0.3, 0.4) is 0 Å². The number of anilines is 1. The zero-order chi connectivity index (χ0) is 17.8. The summed E-state index contributed by atoms with van der Waals surface area (Å²) in [6.07, 6.45) is 5.30. The molecule has 0 atom stereocenters. The monoisotopic (exact) mass is 340 g/mol. The Labute approximate surface area is 147 Å². The quantitative estimate of drug-likeness (QED) is 0.813. The van der Waals surface area contributed by atoms with Crippen molar-refractivity contribution < 1.29 is 9.59 Å². The zero-order valence-electron chi connectivity index (χ0n) is 14.7. The number of aromatic nitrogens is 2. The maximum absolute atomic E-state index is 12.4. The van der Waals surface area contributed by atoms with E-state index in [2.05, 4.69) is 22.7 Å². The van der Waals surface area contributed by atoms with Crippen LogP contribution in [0.2, 0.25) is 0 Å². The molecule has 0 saturated heterocycles. The molecule has 0 bridgehead atoms. The largest absolute Gasteiger partial charge is 0.353 e. The summed E-state index contributed by atoms with van der Waals surface area (Å²) in [5.74, 6) is -0.114. The second kappa shape index (κ2) is 7.51. The van der Waals surface area contributed by atoms with E-state index in [1.807, 2.05) is 31.2 Å². The Kier molecular flexibility index (Phi) is 5.16. The summed E-state index contributed by atoms with van der Waals surface area (Å²) in [6, 6.07) is 7.76. The van der Waals surface area contributed by atoms with Crippen molar-refractivity contribution in [2.45, 2.75) is 52.1 Å². The molecule has 0 unspecified atom stereocenters. The molecule has 132 valence electrons. The van der Waals surface area contributed by atoms with Gasteiger partial charge in [0.25, 0.3) is 5.91 Å². The lowest BCUT2D eigenvalue weighted by molar-refractivity contribution is -0.120. The normalized spacial score (nSPS) is 13.5. The fourth-order valence-corrected chi connectivity index (χ4v) is 2.68. The van der Waals surface area contributed by atoms with Crippen molar-refractivity contribution in [2.24, 2.45) is 0 Å². The molecule has 2 aromatic rings. The number of rotatable bonds is 7. The minimum atomic E-state index is -0.168. The first-order valence-corrected chi connectivity index (χ1v) is 8.79. The number of hydrogen-bond acceptors (Lipinski definition) is 3. The summed E-state index contributed by atoms with van der Waals surface area (Å²) < 4.78 is 1.80. The van der Waals surface area contributed by atoms with Crippen molar-refractivity contribution in [1.82, 2.24) is 15.1 Å². The molecule has 0 spiro atoms. The van der Waals surface area contributed by atoms with Gasteiger partial charge in [0.05, 0.1) is 17.7 Å². The maximum Gasteiger partial charge on any atom is 0.259 e. The summed E-state index contributed by atoms with van der Waals surface area (Å²) >= 11 is 0. The molecule has 2 amide bonds. The predicted octanol–water partition coefficient (Wildman–Crippen LogP) is 2.67. The molecule has 6 heteroatoms. The van der Waals surface area contributed by atoms with E-state index in [1.165, 1.54) is 0 Å². The van der Waals surface area contributed by atoms with Gasteiger partial charge in [-0.1, -0.05) is 19.1 Å². The fourth-order valence-electron chi connectivity index (χ4n) is 2.68. The maximum atomic E-state index is 12.4. The molecule has 0 radical (unpaired) electrons. The number of nitrogens with one attached hydrogen (secondary N) is 2. The van der Waals surface area contributed by atoms with Crippen molar-refractivity contribution in [1.29, 1.82) is 0 Å². The standard InChI is InChI=1S/C19H24N4O2/c1-3-10-23-12-17(13(2)22-23)19(25)21-16-6-4-14(5-7-16)11-18(24)20-15-8-9-15/h4-7,12,15H,3,8-11H2,1-2H3,(H,20,24)(H,21,25). The van der Waals surface area contributed by atoms with E-state index in [4.69, 9.17) is 0 Å². The SMILES string of the molecule is CCCn1cc(C(=O)Nc2ccc(CC(=O)NC3CC3)cc2)c(C)n1. The zero-order valence-corrected chi connectivity index (χ0v) is 14.7. The first kappa shape index (κ1) is 17.2. The molecule has 2 N–H and O–H groups in total. The number of hydrogen-bond donors (Lipinski definition) is 2. The van der Waals surface area contributed by atoms with Gasteiger partial charge >= 0.3 is 0 Å². The van der Waals surface area contributed by atoms with E-state index in [-0.39, 0.29) is 11.8 Å². The molecule has 1 aromatic carbocycles. The molecule has 1 aromatic heterocycles. The first-order chi connectivity index (χ1) is 12.0. The number of carbonyl (C=O) groups is 2. The summed E-state index contributed by atoms with van der Waals surface area (Å²) in [7, 11) is 0. The molecule has 6 nitrogen and oxygen atoms in total. The van der Waals surface area contributed by atoms with E-state index in [0.29, 0.717) is 23.7 Å². The number of aryl methyl sites for hydroxylation is 2. The van der Waals surface area contributed by atoms with Crippen LogP contribution in [-0.2, 0) is 17.8 Å². The summed E-state index contributed by atoms with van der Waals surface area (Å²) in [5, 5.41) is 10.2. The topological polar surface area (TPSA) is 76.0 Å². The van der Waals surface area contributed by atoms with E-state index in [9.17, 15) is 9.59 Å². The summed E-state index contributed by atoms with van der Waals surface area (Å²) in [4.78, 5) is 24.2.